The minimum atomic E-state index is -0.578. The molecule has 298 valence electrons. The van der Waals surface area contributed by atoms with E-state index in [-0.39, 0.29) is 0 Å². The fraction of sp³-hybridized carbons (Fsp3) is 0.0164. The predicted molar refractivity (Wildman–Crippen MR) is 267 cm³/mol. The van der Waals surface area contributed by atoms with Crippen LogP contribution < -0.4 is 0 Å². The molecular formula is C61H38N2S. The zero-order chi connectivity index (χ0) is 41.9. The van der Waals surface area contributed by atoms with Gasteiger partial charge in [0.05, 0.1) is 27.5 Å². The molecule has 2 aromatic heterocycles. The fourth-order valence-electron chi connectivity index (χ4n) is 11.3. The summed E-state index contributed by atoms with van der Waals surface area (Å²) < 4.78 is 5.00. The Kier molecular flexibility index (Phi) is 7.57. The fourth-order valence-corrected chi connectivity index (χ4v) is 12.5. The van der Waals surface area contributed by atoms with Crippen molar-refractivity contribution in [2.75, 3.05) is 0 Å². The molecule has 0 saturated heterocycles. The lowest BCUT2D eigenvalue weighted by atomic mass is 9.67. The smallest absolute Gasteiger partial charge is 0.0736 e. The molecule has 3 heteroatoms. The Labute approximate surface area is 375 Å². The second-order valence-electron chi connectivity index (χ2n) is 17.2. The van der Waals surface area contributed by atoms with E-state index in [2.05, 4.69) is 240 Å². The van der Waals surface area contributed by atoms with Gasteiger partial charge in [0, 0.05) is 42.7 Å². The zero-order valence-corrected chi connectivity index (χ0v) is 35.6. The van der Waals surface area contributed by atoms with Gasteiger partial charge in [0.1, 0.15) is 0 Å². The monoisotopic (exact) mass is 830 g/mol. The van der Waals surface area contributed by atoms with Gasteiger partial charge in [-0.2, -0.15) is 0 Å². The van der Waals surface area contributed by atoms with E-state index in [9.17, 15) is 0 Å². The van der Waals surface area contributed by atoms with Crippen molar-refractivity contribution in [1.82, 2.24) is 9.13 Å². The van der Waals surface area contributed by atoms with Crippen molar-refractivity contribution < 1.29 is 0 Å². The molecule has 0 N–H and O–H groups in total. The average molecular weight is 831 g/mol. The molecule has 12 aromatic rings. The number of hydrogen-bond acceptors (Lipinski definition) is 1. The summed E-state index contributed by atoms with van der Waals surface area (Å²) in [6, 6.07) is 85.9. The number of para-hydroxylation sites is 2. The summed E-state index contributed by atoms with van der Waals surface area (Å²) in [5.74, 6) is 0. The molecule has 0 saturated carbocycles. The predicted octanol–water partition coefficient (Wildman–Crippen LogP) is 16.0. The van der Waals surface area contributed by atoms with E-state index in [1.54, 1.807) is 0 Å². The Bertz CT molecular complexity index is 3620. The maximum absolute atomic E-state index is 2.56. The Balaban J connectivity index is 1.11. The first-order chi connectivity index (χ1) is 31.7. The maximum Gasteiger partial charge on any atom is 0.0736 e. The molecular weight excluding hydrogens is 793 g/mol. The Morgan fingerprint density at radius 3 is 1.17 bits per heavy atom. The van der Waals surface area contributed by atoms with Gasteiger partial charge in [-0.15, -0.1) is 0 Å². The number of aromatic nitrogens is 2. The number of fused-ring (bicyclic) bond motifs is 15. The van der Waals surface area contributed by atoms with Gasteiger partial charge >= 0.3 is 0 Å². The SMILES string of the molecule is c1ccc(-c2cccc(-n3c4ccccc4c4cc5c(cc43)C3(c4ccccc4Sc4ccccc43)c3cc4c(cc3-5)c3ccccc3n4-c3cccc(-c4ccccc4)c3)c2)cc1. The molecule has 10 aromatic carbocycles. The van der Waals surface area contributed by atoms with E-state index in [0.717, 1.165) is 11.4 Å². The molecule has 1 spiro atoms. The third-order valence-electron chi connectivity index (χ3n) is 13.9. The molecule has 0 radical (unpaired) electrons. The second kappa shape index (κ2) is 13.6. The van der Waals surface area contributed by atoms with E-state index >= 15 is 0 Å². The van der Waals surface area contributed by atoms with E-state index in [1.807, 2.05) is 11.8 Å². The molecule has 0 unspecified atom stereocenters. The van der Waals surface area contributed by atoms with Crippen molar-refractivity contribution in [2.45, 2.75) is 15.2 Å². The molecule has 2 aliphatic rings. The summed E-state index contributed by atoms with van der Waals surface area (Å²) in [6.07, 6.45) is 0. The van der Waals surface area contributed by atoms with Crippen LogP contribution in [0.3, 0.4) is 0 Å². The van der Waals surface area contributed by atoms with Crippen LogP contribution in [0.5, 0.6) is 0 Å². The third kappa shape index (κ3) is 4.93. The van der Waals surface area contributed by atoms with Gasteiger partial charge in [0.2, 0.25) is 0 Å². The maximum atomic E-state index is 2.56. The number of hydrogen-bond donors (Lipinski definition) is 0. The number of rotatable bonds is 4. The Morgan fingerprint density at radius 1 is 0.281 bits per heavy atom. The molecule has 1 aliphatic carbocycles. The molecule has 2 nitrogen and oxygen atoms in total. The largest absolute Gasteiger partial charge is 0.309 e. The van der Waals surface area contributed by atoms with Crippen LogP contribution in [0.1, 0.15) is 22.3 Å². The van der Waals surface area contributed by atoms with Gasteiger partial charge in [-0.05, 0) is 128 Å². The minimum Gasteiger partial charge on any atom is -0.309 e. The van der Waals surface area contributed by atoms with E-state index in [4.69, 9.17) is 0 Å². The molecule has 0 amide bonds. The summed E-state index contributed by atoms with van der Waals surface area (Å²) in [4.78, 5) is 2.60. The lowest BCUT2D eigenvalue weighted by Gasteiger charge is -2.39. The van der Waals surface area contributed by atoms with Crippen molar-refractivity contribution in [2.24, 2.45) is 0 Å². The summed E-state index contributed by atoms with van der Waals surface area (Å²) in [7, 11) is 0. The van der Waals surface area contributed by atoms with Gasteiger partial charge < -0.3 is 9.13 Å². The highest BCUT2D eigenvalue weighted by Crippen LogP contribution is 2.63. The van der Waals surface area contributed by atoms with Crippen LogP contribution in [-0.4, -0.2) is 9.13 Å². The van der Waals surface area contributed by atoms with Crippen molar-refractivity contribution >= 4 is 55.4 Å². The normalized spacial score (nSPS) is 13.4. The molecule has 3 heterocycles. The first-order valence-electron chi connectivity index (χ1n) is 22.1. The van der Waals surface area contributed by atoms with Crippen molar-refractivity contribution in [1.29, 1.82) is 0 Å². The second-order valence-corrected chi connectivity index (χ2v) is 18.3. The highest BCUT2D eigenvalue weighted by atomic mass is 32.2. The summed E-state index contributed by atoms with van der Waals surface area (Å²) in [5.41, 5.74) is 19.3. The van der Waals surface area contributed by atoms with Crippen LogP contribution in [-0.2, 0) is 5.41 Å². The first-order valence-corrected chi connectivity index (χ1v) is 22.9. The Morgan fingerprint density at radius 2 is 0.688 bits per heavy atom. The third-order valence-corrected chi connectivity index (χ3v) is 15.1. The molecule has 14 rings (SSSR count). The molecule has 0 atom stereocenters. The molecule has 64 heavy (non-hydrogen) atoms. The molecule has 1 aliphatic heterocycles. The lowest BCUT2D eigenvalue weighted by Crippen LogP contribution is -2.32. The van der Waals surface area contributed by atoms with E-state index in [0.29, 0.717) is 0 Å². The van der Waals surface area contributed by atoms with E-state index in [1.165, 1.54) is 109 Å². The van der Waals surface area contributed by atoms with Crippen LogP contribution in [0, 0.1) is 0 Å². The van der Waals surface area contributed by atoms with Gasteiger partial charge in [-0.1, -0.05) is 169 Å². The van der Waals surface area contributed by atoms with Crippen molar-refractivity contribution in [3.05, 3.63) is 253 Å². The van der Waals surface area contributed by atoms with Crippen LogP contribution in [0.25, 0.3) is 88.4 Å². The first kappa shape index (κ1) is 35.7. The summed E-state index contributed by atoms with van der Waals surface area (Å²) >= 11 is 1.90. The van der Waals surface area contributed by atoms with Gasteiger partial charge in [-0.25, -0.2) is 0 Å². The number of nitrogens with zero attached hydrogens (tertiary/aromatic N) is 2. The van der Waals surface area contributed by atoms with Crippen LogP contribution >= 0.6 is 11.8 Å². The Hall–Kier alpha value is -7.85. The summed E-state index contributed by atoms with van der Waals surface area (Å²) in [5, 5.41) is 5.02. The number of benzene rings is 10. The van der Waals surface area contributed by atoms with Gasteiger partial charge in [0.15, 0.2) is 0 Å². The van der Waals surface area contributed by atoms with Gasteiger partial charge in [0.25, 0.3) is 0 Å². The highest BCUT2D eigenvalue weighted by molar-refractivity contribution is 7.99. The van der Waals surface area contributed by atoms with Crippen molar-refractivity contribution in [3.63, 3.8) is 0 Å². The van der Waals surface area contributed by atoms with Crippen LogP contribution in [0.4, 0.5) is 0 Å². The molecule has 0 bridgehead atoms. The van der Waals surface area contributed by atoms with Crippen molar-refractivity contribution in [3.8, 4) is 44.8 Å². The topological polar surface area (TPSA) is 9.86 Å². The quantitative estimate of drug-likeness (QED) is 0.172. The zero-order valence-electron chi connectivity index (χ0n) is 34.7. The standard InChI is InChI=1S/C61H38N2S/c1-3-17-39(18-4-1)41-21-15-23-43(33-41)62-55-29-11-7-25-45(55)49-35-47-48-36-50-46-26-8-12-30-56(46)63(44-24-16-22-42(34-44)40-19-5-2-6-20-40)58(50)38-54(48)61(53(47)37-57(49)62)51-27-9-13-31-59(51)64-60-32-14-10-28-52(60)61/h1-38H. The van der Waals surface area contributed by atoms with E-state index < -0.39 is 5.41 Å². The molecule has 0 fully saturated rings. The minimum absolute atomic E-state index is 0.578. The van der Waals surface area contributed by atoms with Gasteiger partial charge in [-0.3, -0.25) is 0 Å². The average Bonchev–Trinajstić information content (AvgIpc) is 3.96. The van der Waals surface area contributed by atoms with Crippen LogP contribution in [0.2, 0.25) is 0 Å². The highest BCUT2D eigenvalue weighted by Gasteiger charge is 2.51. The van der Waals surface area contributed by atoms with Crippen LogP contribution in [0.15, 0.2) is 240 Å². The lowest BCUT2D eigenvalue weighted by molar-refractivity contribution is 0.723. The summed E-state index contributed by atoms with van der Waals surface area (Å²) in [6.45, 7) is 0.